The topological polar surface area (TPSA) is 47.2 Å². The van der Waals surface area contributed by atoms with Gasteiger partial charge in [-0.1, -0.05) is 60.5 Å². The summed E-state index contributed by atoms with van der Waals surface area (Å²) in [6.45, 7) is 0. The van der Waals surface area contributed by atoms with Crippen molar-refractivity contribution in [2.75, 3.05) is 19.0 Å². The van der Waals surface area contributed by atoms with Crippen LogP contribution in [0, 0.1) is 11.8 Å². The molecule has 0 unspecified atom stereocenters. The summed E-state index contributed by atoms with van der Waals surface area (Å²) in [5, 5.41) is 0. The molecule has 33 heavy (non-hydrogen) atoms. The Hall–Kier alpha value is -4.30. The summed E-state index contributed by atoms with van der Waals surface area (Å²) in [5.41, 5.74) is 4.82. The molecule has 0 atom stereocenters. The lowest BCUT2D eigenvalue weighted by atomic mass is 10.0. The zero-order valence-electron chi connectivity index (χ0n) is 19.2. The molecule has 0 aliphatic heterocycles. The molecule has 5 heteroatoms. The predicted octanol–water partition coefficient (Wildman–Crippen LogP) is 3.88. The molecule has 3 aromatic carbocycles. The Labute approximate surface area is 193 Å². The first-order valence-corrected chi connectivity index (χ1v) is 10.6. The van der Waals surface area contributed by atoms with Crippen molar-refractivity contribution in [3.63, 3.8) is 0 Å². The average molecular weight is 436 g/mol. The molecule has 0 spiro atoms. The lowest BCUT2D eigenvalue weighted by Gasteiger charge is -2.14. The standard InChI is InChI=1S/C28H25N3O2/c1-29(2)24-17-15-23(16-18-24)26-25(30(3)28(33)31(4)27(26)32)19-12-20-10-13-22(14-11-20)21-8-6-5-7-9-21/h5-11,13-18H,1-4H3. The first-order valence-electron chi connectivity index (χ1n) is 10.6. The van der Waals surface area contributed by atoms with E-state index in [9.17, 15) is 9.59 Å². The highest BCUT2D eigenvalue weighted by molar-refractivity contribution is 5.71. The second-order valence-corrected chi connectivity index (χ2v) is 8.06. The van der Waals surface area contributed by atoms with Gasteiger partial charge in [0.25, 0.3) is 5.56 Å². The summed E-state index contributed by atoms with van der Waals surface area (Å²) in [5.74, 6) is 6.22. The molecule has 0 aliphatic rings. The first kappa shape index (κ1) is 21.9. The van der Waals surface area contributed by atoms with Crippen LogP contribution >= 0.6 is 0 Å². The Kier molecular flexibility index (Phi) is 6.01. The van der Waals surface area contributed by atoms with Crippen molar-refractivity contribution in [2.24, 2.45) is 14.1 Å². The molecule has 4 aromatic rings. The van der Waals surface area contributed by atoms with E-state index in [2.05, 4.69) is 24.0 Å². The maximum absolute atomic E-state index is 13.1. The van der Waals surface area contributed by atoms with Crippen molar-refractivity contribution in [1.82, 2.24) is 9.13 Å². The Bertz CT molecular complexity index is 1470. The zero-order chi connectivity index (χ0) is 23.5. The molecule has 5 nitrogen and oxygen atoms in total. The molecule has 0 fully saturated rings. The van der Waals surface area contributed by atoms with Gasteiger partial charge in [-0.15, -0.1) is 0 Å². The molecule has 1 heterocycles. The maximum atomic E-state index is 13.1. The fraction of sp³-hybridized carbons (Fsp3) is 0.143. The van der Waals surface area contributed by atoms with Gasteiger partial charge in [0.05, 0.1) is 5.56 Å². The van der Waals surface area contributed by atoms with Gasteiger partial charge in [-0.2, -0.15) is 0 Å². The van der Waals surface area contributed by atoms with E-state index in [1.807, 2.05) is 85.7 Å². The number of aromatic nitrogens is 2. The quantitative estimate of drug-likeness (QED) is 0.459. The van der Waals surface area contributed by atoms with E-state index in [1.165, 1.54) is 11.6 Å². The number of hydrogen-bond acceptors (Lipinski definition) is 3. The molecule has 0 bridgehead atoms. The number of nitrogens with zero attached hydrogens (tertiary/aromatic N) is 3. The van der Waals surface area contributed by atoms with Crippen LogP contribution in [0.2, 0.25) is 0 Å². The van der Waals surface area contributed by atoms with Crippen LogP contribution in [0.1, 0.15) is 11.3 Å². The van der Waals surface area contributed by atoms with Crippen LogP contribution in [0.3, 0.4) is 0 Å². The molecule has 0 N–H and O–H groups in total. The Morgan fingerprint density at radius 2 is 1.24 bits per heavy atom. The van der Waals surface area contributed by atoms with Gasteiger partial charge in [0.15, 0.2) is 0 Å². The van der Waals surface area contributed by atoms with E-state index in [1.54, 1.807) is 7.05 Å². The predicted molar refractivity (Wildman–Crippen MR) is 135 cm³/mol. The van der Waals surface area contributed by atoms with Crippen LogP contribution in [0.5, 0.6) is 0 Å². The van der Waals surface area contributed by atoms with E-state index in [0.717, 1.165) is 32.5 Å². The highest BCUT2D eigenvalue weighted by atomic mass is 16.2. The van der Waals surface area contributed by atoms with E-state index in [-0.39, 0.29) is 5.56 Å². The molecule has 0 saturated carbocycles. The summed E-state index contributed by atoms with van der Waals surface area (Å²) >= 11 is 0. The summed E-state index contributed by atoms with van der Waals surface area (Å²) in [6, 6.07) is 25.7. The molecule has 4 rings (SSSR count). The number of rotatable bonds is 3. The average Bonchev–Trinajstić information content (AvgIpc) is 2.85. The van der Waals surface area contributed by atoms with Crippen molar-refractivity contribution >= 4 is 5.69 Å². The van der Waals surface area contributed by atoms with Crippen LogP contribution in [0.25, 0.3) is 22.3 Å². The number of benzene rings is 3. The van der Waals surface area contributed by atoms with Gasteiger partial charge in [-0.25, -0.2) is 4.79 Å². The van der Waals surface area contributed by atoms with Crippen molar-refractivity contribution in [2.45, 2.75) is 0 Å². The molecule has 0 radical (unpaired) electrons. The summed E-state index contributed by atoms with van der Waals surface area (Å²) in [4.78, 5) is 27.7. The highest BCUT2D eigenvalue weighted by Crippen LogP contribution is 2.22. The van der Waals surface area contributed by atoms with Crippen LogP contribution in [0.4, 0.5) is 5.69 Å². The maximum Gasteiger partial charge on any atom is 0.331 e. The summed E-state index contributed by atoms with van der Waals surface area (Å²) < 4.78 is 2.55. The van der Waals surface area contributed by atoms with Crippen molar-refractivity contribution in [3.8, 4) is 34.1 Å². The van der Waals surface area contributed by atoms with Crippen LogP contribution in [-0.2, 0) is 14.1 Å². The smallest absolute Gasteiger partial charge is 0.331 e. The van der Waals surface area contributed by atoms with E-state index in [4.69, 9.17) is 0 Å². The Balaban J connectivity index is 1.80. The van der Waals surface area contributed by atoms with Gasteiger partial charge < -0.3 is 4.90 Å². The summed E-state index contributed by atoms with van der Waals surface area (Å²) in [6.07, 6.45) is 0. The minimum absolute atomic E-state index is 0.362. The van der Waals surface area contributed by atoms with E-state index < -0.39 is 5.69 Å². The van der Waals surface area contributed by atoms with Crippen molar-refractivity contribution in [1.29, 1.82) is 0 Å². The fourth-order valence-electron chi connectivity index (χ4n) is 3.68. The molecule has 0 amide bonds. The van der Waals surface area contributed by atoms with Crippen LogP contribution in [0.15, 0.2) is 88.5 Å². The van der Waals surface area contributed by atoms with E-state index in [0.29, 0.717) is 11.3 Å². The molecule has 0 aliphatic carbocycles. The zero-order valence-corrected chi connectivity index (χ0v) is 19.2. The summed E-state index contributed by atoms with van der Waals surface area (Å²) in [7, 11) is 7.05. The Morgan fingerprint density at radius 1 is 0.667 bits per heavy atom. The largest absolute Gasteiger partial charge is 0.378 e. The van der Waals surface area contributed by atoms with Crippen molar-refractivity contribution < 1.29 is 0 Å². The fourth-order valence-corrected chi connectivity index (χ4v) is 3.68. The molecular formula is C28H25N3O2. The van der Waals surface area contributed by atoms with Gasteiger partial charge >= 0.3 is 5.69 Å². The normalized spacial score (nSPS) is 10.4. The van der Waals surface area contributed by atoms with Gasteiger partial charge in [0.2, 0.25) is 0 Å². The lowest BCUT2D eigenvalue weighted by molar-refractivity contribution is 0.682. The van der Waals surface area contributed by atoms with Gasteiger partial charge in [0.1, 0.15) is 5.69 Å². The van der Waals surface area contributed by atoms with Crippen LogP contribution < -0.4 is 16.1 Å². The number of anilines is 1. The van der Waals surface area contributed by atoms with Gasteiger partial charge in [0, 0.05) is 39.4 Å². The highest BCUT2D eigenvalue weighted by Gasteiger charge is 2.16. The SMILES string of the molecule is CN(C)c1ccc(-c2c(C#Cc3ccc(-c4ccccc4)cc3)n(C)c(=O)n(C)c2=O)cc1. The number of hydrogen-bond donors (Lipinski definition) is 0. The third-order valence-corrected chi connectivity index (χ3v) is 5.65. The van der Waals surface area contributed by atoms with E-state index >= 15 is 0 Å². The third kappa shape index (κ3) is 4.37. The van der Waals surface area contributed by atoms with Crippen LogP contribution in [-0.4, -0.2) is 23.2 Å². The molecule has 0 saturated heterocycles. The van der Waals surface area contributed by atoms with Crippen molar-refractivity contribution in [3.05, 3.63) is 111 Å². The minimum Gasteiger partial charge on any atom is -0.378 e. The first-order chi connectivity index (χ1) is 15.9. The van der Waals surface area contributed by atoms with Gasteiger partial charge in [-0.3, -0.25) is 13.9 Å². The third-order valence-electron chi connectivity index (χ3n) is 5.65. The second-order valence-electron chi connectivity index (χ2n) is 8.06. The Morgan fingerprint density at radius 3 is 1.85 bits per heavy atom. The molecule has 1 aromatic heterocycles. The molecule has 164 valence electrons. The second kappa shape index (κ2) is 9.05. The lowest BCUT2D eigenvalue weighted by Crippen LogP contribution is -2.39. The molecular weight excluding hydrogens is 410 g/mol. The van der Waals surface area contributed by atoms with Gasteiger partial charge in [-0.05, 0) is 46.9 Å². The monoisotopic (exact) mass is 435 g/mol. The minimum atomic E-state index is -0.405.